The molecule has 1 fully saturated rings. The number of hydrogen-bond acceptors (Lipinski definition) is 6. The summed E-state index contributed by atoms with van der Waals surface area (Å²) in [5.74, 6) is -0.142. The lowest BCUT2D eigenvalue weighted by Gasteiger charge is -2.25. The summed E-state index contributed by atoms with van der Waals surface area (Å²) in [6, 6.07) is 12.5. The van der Waals surface area contributed by atoms with Gasteiger partial charge in [0.25, 0.3) is 10.0 Å². The van der Waals surface area contributed by atoms with E-state index >= 15 is 0 Å². The number of rotatable bonds is 4. The second kappa shape index (κ2) is 8.87. The molecule has 2 aromatic carbocycles. The fourth-order valence-electron chi connectivity index (χ4n) is 4.86. The molecule has 1 aromatic heterocycles. The molecule has 1 saturated heterocycles. The molecule has 1 unspecified atom stereocenters. The molecule has 2 aliphatic rings. The topological polar surface area (TPSA) is 96.6 Å². The molecule has 0 bridgehead atoms. The number of likely N-dealkylation sites (tertiary alicyclic amines) is 1. The van der Waals surface area contributed by atoms with E-state index in [1.165, 1.54) is 4.31 Å². The highest BCUT2D eigenvalue weighted by Crippen LogP contribution is 2.38. The van der Waals surface area contributed by atoms with Gasteiger partial charge in [-0.05, 0) is 56.4 Å². The summed E-state index contributed by atoms with van der Waals surface area (Å²) < 4.78 is 34.3. The number of para-hydroxylation sites is 1. The minimum Gasteiger partial charge on any atom is -0.334 e. The van der Waals surface area contributed by atoms with Crippen molar-refractivity contribution in [2.24, 2.45) is 0 Å². The van der Waals surface area contributed by atoms with Crippen LogP contribution in [0.25, 0.3) is 11.4 Å². The van der Waals surface area contributed by atoms with Gasteiger partial charge in [-0.2, -0.15) is 4.98 Å². The molecule has 0 spiro atoms. The first-order valence-corrected chi connectivity index (χ1v) is 13.2. The normalized spacial score (nSPS) is 18.6. The van der Waals surface area contributed by atoms with Crippen LogP contribution in [0.1, 0.15) is 54.4 Å². The zero-order chi connectivity index (χ0) is 23.9. The molecule has 8 nitrogen and oxygen atoms in total. The van der Waals surface area contributed by atoms with Crippen LogP contribution in [0.2, 0.25) is 0 Å². The number of carbonyl (C=O) groups excluding carboxylic acids is 1. The number of sulfonamides is 1. The average molecular weight is 481 g/mol. The molecule has 1 atom stereocenters. The van der Waals surface area contributed by atoms with Gasteiger partial charge in [-0.15, -0.1) is 0 Å². The highest BCUT2D eigenvalue weighted by Gasteiger charge is 2.37. The van der Waals surface area contributed by atoms with Crippen LogP contribution >= 0.6 is 0 Å². The van der Waals surface area contributed by atoms with Crippen molar-refractivity contribution in [1.29, 1.82) is 0 Å². The Morgan fingerprint density at radius 3 is 2.56 bits per heavy atom. The average Bonchev–Trinajstić information content (AvgIpc) is 3.34. The van der Waals surface area contributed by atoms with Crippen LogP contribution in [-0.4, -0.2) is 48.5 Å². The van der Waals surface area contributed by atoms with Gasteiger partial charge in [0.2, 0.25) is 5.82 Å². The second-order valence-electron chi connectivity index (χ2n) is 9.09. The Morgan fingerprint density at radius 2 is 1.79 bits per heavy atom. The van der Waals surface area contributed by atoms with Crippen LogP contribution in [-0.2, 0) is 16.4 Å². The molecule has 3 aromatic rings. The first-order valence-electron chi connectivity index (χ1n) is 11.7. The van der Waals surface area contributed by atoms with Crippen LogP contribution in [0, 0.1) is 6.92 Å². The third-order valence-electron chi connectivity index (χ3n) is 6.63. The SMILES string of the molecule is Cc1ccc(-c2noc(C(=O)N3CCCCCC3)n2)cc1S(=O)(=O)N1c2ccccc2CC1C. The predicted molar refractivity (Wildman–Crippen MR) is 128 cm³/mol. The van der Waals surface area contributed by atoms with Crippen LogP contribution in [0.5, 0.6) is 0 Å². The third kappa shape index (κ3) is 3.98. The molecule has 178 valence electrons. The lowest BCUT2D eigenvalue weighted by atomic mass is 10.1. The number of nitrogens with zero attached hydrogens (tertiary/aromatic N) is 4. The zero-order valence-electron chi connectivity index (χ0n) is 19.4. The van der Waals surface area contributed by atoms with E-state index in [1.54, 1.807) is 30.0 Å². The van der Waals surface area contributed by atoms with Gasteiger partial charge in [0.15, 0.2) is 0 Å². The van der Waals surface area contributed by atoms with Crippen molar-refractivity contribution in [3.05, 3.63) is 59.5 Å². The Labute approximate surface area is 199 Å². The van der Waals surface area contributed by atoms with Crippen LogP contribution in [0.15, 0.2) is 51.9 Å². The molecular weight excluding hydrogens is 452 g/mol. The van der Waals surface area contributed by atoms with Gasteiger partial charge in [0, 0.05) is 24.7 Å². The molecule has 9 heteroatoms. The van der Waals surface area contributed by atoms with E-state index in [-0.39, 0.29) is 28.6 Å². The Kier molecular flexibility index (Phi) is 5.89. The van der Waals surface area contributed by atoms with Gasteiger partial charge in [0.05, 0.1) is 10.6 Å². The van der Waals surface area contributed by atoms with Gasteiger partial charge in [-0.25, -0.2) is 8.42 Å². The van der Waals surface area contributed by atoms with E-state index in [4.69, 9.17) is 4.52 Å². The highest BCUT2D eigenvalue weighted by molar-refractivity contribution is 7.93. The number of anilines is 1. The maximum atomic E-state index is 13.8. The number of aromatic nitrogens is 2. The standard InChI is InChI=1S/C25H28N4O4S/c1-17-11-12-20(23-26-24(33-27-23)25(30)28-13-7-3-4-8-14-28)16-22(17)34(31,32)29-18(2)15-19-9-5-6-10-21(19)29/h5-6,9-12,16,18H,3-4,7-8,13-15H2,1-2H3. The molecule has 3 heterocycles. The van der Waals surface area contributed by atoms with E-state index in [0.29, 0.717) is 36.3 Å². The minimum atomic E-state index is -3.82. The summed E-state index contributed by atoms with van der Waals surface area (Å²) in [6.45, 7) is 5.04. The Balaban J connectivity index is 1.47. The van der Waals surface area contributed by atoms with Gasteiger partial charge >= 0.3 is 11.8 Å². The van der Waals surface area contributed by atoms with E-state index in [0.717, 1.165) is 31.2 Å². The molecule has 34 heavy (non-hydrogen) atoms. The van der Waals surface area contributed by atoms with Gasteiger partial charge in [0.1, 0.15) is 0 Å². The van der Waals surface area contributed by atoms with Crippen molar-refractivity contribution in [2.75, 3.05) is 17.4 Å². The quantitative estimate of drug-likeness (QED) is 0.555. The van der Waals surface area contributed by atoms with E-state index < -0.39 is 10.0 Å². The van der Waals surface area contributed by atoms with Crippen molar-refractivity contribution < 1.29 is 17.7 Å². The predicted octanol–water partition coefficient (Wildman–Crippen LogP) is 4.20. The van der Waals surface area contributed by atoms with Crippen molar-refractivity contribution in [3.63, 3.8) is 0 Å². The summed E-state index contributed by atoms with van der Waals surface area (Å²) in [5, 5.41) is 3.98. The number of benzene rings is 2. The van der Waals surface area contributed by atoms with Gasteiger partial charge in [-0.1, -0.05) is 48.3 Å². The highest BCUT2D eigenvalue weighted by atomic mass is 32.2. The fraction of sp³-hybridized carbons (Fsp3) is 0.400. The maximum Gasteiger partial charge on any atom is 0.316 e. The number of hydrogen-bond donors (Lipinski definition) is 0. The summed E-state index contributed by atoms with van der Waals surface area (Å²) >= 11 is 0. The molecule has 5 rings (SSSR count). The summed E-state index contributed by atoms with van der Waals surface area (Å²) in [5.41, 5.74) is 2.85. The smallest absolute Gasteiger partial charge is 0.316 e. The minimum absolute atomic E-state index is 0.0658. The largest absolute Gasteiger partial charge is 0.334 e. The van der Waals surface area contributed by atoms with Crippen LogP contribution in [0.3, 0.4) is 0 Å². The Bertz CT molecular complexity index is 1330. The summed E-state index contributed by atoms with van der Waals surface area (Å²) in [7, 11) is -3.82. The first kappa shape index (κ1) is 22.6. The van der Waals surface area contributed by atoms with Gasteiger partial charge < -0.3 is 9.42 Å². The van der Waals surface area contributed by atoms with Crippen molar-refractivity contribution in [3.8, 4) is 11.4 Å². The monoisotopic (exact) mass is 480 g/mol. The number of carbonyl (C=O) groups is 1. The van der Waals surface area contributed by atoms with E-state index in [9.17, 15) is 13.2 Å². The first-order chi connectivity index (χ1) is 16.4. The molecule has 0 N–H and O–H groups in total. The van der Waals surface area contributed by atoms with E-state index in [2.05, 4.69) is 10.1 Å². The molecule has 0 aliphatic carbocycles. The number of fused-ring (bicyclic) bond motifs is 1. The lowest BCUT2D eigenvalue weighted by molar-refractivity contribution is 0.0711. The molecule has 1 amide bonds. The van der Waals surface area contributed by atoms with Crippen molar-refractivity contribution in [2.45, 2.75) is 56.9 Å². The maximum absolute atomic E-state index is 13.8. The Hall–Kier alpha value is -3.20. The molecule has 0 saturated carbocycles. The van der Waals surface area contributed by atoms with Crippen LogP contribution in [0.4, 0.5) is 5.69 Å². The van der Waals surface area contributed by atoms with Gasteiger partial charge in [-0.3, -0.25) is 9.10 Å². The fourth-order valence-corrected chi connectivity index (χ4v) is 6.81. The van der Waals surface area contributed by atoms with Crippen molar-refractivity contribution in [1.82, 2.24) is 15.0 Å². The van der Waals surface area contributed by atoms with Crippen LogP contribution < -0.4 is 4.31 Å². The summed E-state index contributed by atoms with van der Waals surface area (Å²) in [4.78, 5) is 19.1. The second-order valence-corrected chi connectivity index (χ2v) is 10.9. The molecule has 0 radical (unpaired) electrons. The summed E-state index contributed by atoms with van der Waals surface area (Å²) in [6.07, 6.45) is 4.81. The molecular formula is C25H28N4O4S. The number of amides is 1. The Morgan fingerprint density at radius 1 is 1.06 bits per heavy atom. The zero-order valence-corrected chi connectivity index (χ0v) is 20.2. The van der Waals surface area contributed by atoms with E-state index in [1.807, 2.05) is 31.2 Å². The lowest BCUT2D eigenvalue weighted by Crippen LogP contribution is -2.36. The third-order valence-corrected chi connectivity index (χ3v) is 8.70. The van der Waals surface area contributed by atoms with Crippen molar-refractivity contribution >= 4 is 21.6 Å². The molecule has 2 aliphatic heterocycles. The number of aryl methyl sites for hydroxylation is 1.